The van der Waals surface area contributed by atoms with Gasteiger partial charge in [-0.05, 0) is 63.1 Å². The van der Waals surface area contributed by atoms with Gasteiger partial charge in [-0.1, -0.05) is 44.9 Å². The van der Waals surface area contributed by atoms with Gasteiger partial charge in [-0.2, -0.15) is 0 Å². The SMILES string of the molecule is O=C=C1CCCCC1P(=C=O)(C1CCCCC1)C1CCCCC1. The molecular formula is C20H31O2P. The van der Waals surface area contributed by atoms with E-state index in [0.29, 0.717) is 11.3 Å². The second-order valence-corrected chi connectivity index (χ2v) is 11.8. The van der Waals surface area contributed by atoms with Crippen molar-refractivity contribution in [3.05, 3.63) is 5.57 Å². The van der Waals surface area contributed by atoms with Crippen LogP contribution in [0.15, 0.2) is 5.57 Å². The van der Waals surface area contributed by atoms with E-state index in [0.717, 1.165) is 24.8 Å². The summed E-state index contributed by atoms with van der Waals surface area (Å²) in [5.41, 5.74) is 5.08. The zero-order valence-corrected chi connectivity index (χ0v) is 15.3. The molecule has 0 aromatic rings. The molecule has 0 bridgehead atoms. The summed E-state index contributed by atoms with van der Waals surface area (Å²) < 4.78 is 0. The van der Waals surface area contributed by atoms with E-state index in [9.17, 15) is 9.59 Å². The highest BCUT2D eigenvalue weighted by atomic mass is 31.2. The van der Waals surface area contributed by atoms with Crippen LogP contribution in [0, 0.1) is 0 Å². The van der Waals surface area contributed by atoms with E-state index in [1.807, 2.05) is 0 Å². The van der Waals surface area contributed by atoms with Crippen molar-refractivity contribution in [1.29, 1.82) is 0 Å². The van der Waals surface area contributed by atoms with Crippen LogP contribution in [0.2, 0.25) is 0 Å². The summed E-state index contributed by atoms with van der Waals surface area (Å²) in [5.74, 6) is 2.29. The van der Waals surface area contributed by atoms with E-state index in [1.165, 1.54) is 70.6 Å². The van der Waals surface area contributed by atoms with Crippen LogP contribution in [0.25, 0.3) is 0 Å². The Bertz CT molecular complexity index is 506. The Hall–Kier alpha value is -0.540. The summed E-state index contributed by atoms with van der Waals surface area (Å²) in [4.78, 5) is 24.2. The first-order chi connectivity index (χ1) is 11.3. The highest BCUT2D eigenvalue weighted by molar-refractivity contribution is 7.76. The van der Waals surface area contributed by atoms with Gasteiger partial charge in [0.1, 0.15) is 11.6 Å². The topological polar surface area (TPSA) is 34.1 Å². The zero-order chi connectivity index (χ0) is 16.1. The number of rotatable bonds is 3. The lowest BCUT2D eigenvalue weighted by molar-refractivity contribution is 0.473. The Kier molecular flexibility index (Phi) is 6.03. The normalized spacial score (nSPS) is 28.2. The number of allylic oxidation sites excluding steroid dienone is 1. The first-order valence-corrected chi connectivity index (χ1v) is 11.8. The van der Waals surface area contributed by atoms with Crippen molar-refractivity contribution in [2.24, 2.45) is 0 Å². The van der Waals surface area contributed by atoms with Crippen LogP contribution in [0.4, 0.5) is 0 Å². The average Bonchev–Trinajstić information content (AvgIpc) is 2.65. The van der Waals surface area contributed by atoms with Gasteiger partial charge in [0.05, 0.1) is 0 Å². The summed E-state index contributed by atoms with van der Waals surface area (Å²) in [6, 6.07) is 0. The van der Waals surface area contributed by atoms with Crippen LogP contribution in [-0.2, 0) is 9.59 Å². The van der Waals surface area contributed by atoms with Crippen molar-refractivity contribution < 1.29 is 9.59 Å². The number of hydrogen-bond acceptors (Lipinski definition) is 2. The first-order valence-electron chi connectivity index (χ1n) is 9.84. The molecule has 3 saturated carbocycles. The van der Waals surface area contributed by atoms with Crippen LogP contribution in [0.3, 0.4) is 0 Å². The van der Waals surface area contributed by atoms with Gasteiger partial charge >= 0.3 is 0 Å². The minimum Gasteiger partial charge on any atom is -0.234 e. The molecule has 0 aliphatic heterocycles. The molecule has 0 aromatic carbocycles. The molecule has 23 heavy (non-hydrogen) atoms. The summed E-state index contributed by atoms with van der Waals surface area (Å²) >= 11 is 0. The van der Waals surface area contributed by atoms with Crippen molar-refractivity contribution in [3.63, 3.8) is 0 Å². The molecule has 0 aromatic heterocycles. The Morgan fingerprint density at radius 1 is 0.696 bits per heavy atom. The fraction of sp³-hybridized carbons (Fsp3) is 0.850. The average molecular weight is 334 g/mol. The van der Waals surface area contributed by atoms with E-state index in [4.69, 9.17) is 0 Å². The maximum absolute atomic E-state index is 12.6. The largest absolute Gasteiger partial charge is 0.234 e. The Morgan fingerprint density at radius 3 is 1.70 bits per heavy atom. The maximum atomic E-state index is 12.6. The van der Waals surface area contributed by atoms with Gasteiger partial charge in [-0.15, -0.1) is 0 Å². The zero-order valence-electron chi connectivity index (χ0n) is 14.4. The van der Waals surface area contributed by atoms with Crippen LogP contribution >= 0.6 is 6.89 Å². The molecular weight excluding hydrogens is 303 g/mol. The van der Waals surface area contributed by atoms with Gasteiger partial charge in [-0.3, -0.25) is 0 Å². The highest BCUT2D eigenvalue weighted by Crippen LogP contribution is 2.68. The molecule has 128 valence electrons. The molecule has 3 heteroatoms. The lowest BCUT2D eigenvalue weighted by Gasteiger charge is -2.47. The van der Waals surface area contributed by atoms with Crippen molar-refractivity contribution in [2.45, 2.75) is 107 Å². The summed E-state index contributed by atoms with van der Waals surface area (Å²) in [5, 5.41) is 0. The van der Waals surface area contributed by atoms with E-state index >= 15 is 0 Å². The second kappa shape index (κ2) is 8.02. The quantitative estimate of drug-likeness (QED) is 0.509. The van der Waals surface area contributed by atoms with Crippen LogP contribution in [-0.4, -0.2) is 28.6 Å². The molecule has 0 radical (unpaired) electrons. The second-order valence-electron chi connectivity index (χ2n) is 7.90. The first kappa shape index (κ1) is 17.3. The molecule has 3 rings (SSSR count). The van der Waals surface area contributed by atoms with Gasteiger partial charge in [0.25, 0.3) is 0 Å². The molecule has 2 nitrogen and oxygen atoms in total. The van der Waals surface area contributed by atoms with Gasteiger partial charge in [0.15, 0.2) is 0 Å². The van der Waals surface area contributed by atoms with Crippen molar-refractivity contribution in [1.82, 2.24) is 0 Å². The Morgan fingerprint density at radius 2 is 1.22 bits per heavy atom. The third-order valence-electron chi connectivity index (χ3n) is 6.74. The van der Waals surface area contributed by atoms with Gasteiger partial charge in [0.2, 0.25) is 0 Å². The predicted octanol–water partition coefficient (Wildman–Crippen LogP) is 5.44. The molecule has 0 saturated heterocycles. The van der Waals surface area contributed by atoms with Crippen LogP contribution in [0.5, 0.6) is 0 Å². The van der Waals surface area contributed by atoms with Gasteiger partial charge < -0.3 is 0 Å². The summed E-state index contributed by atoms with van der Waals surface area (Å²) in [6.07, 6.45) is 16.8. The van der Waals surface area contributed by atoms with E-state index in [2.05, 4.69) is 11.6 Å². The smallest absolute Gasteiger partial charge is 0.124 e. The molecule has 1 unspecified atom stereocenters. The number of carbonyl (C=O) groups excluding carboxylic acids is 2. The third kappa shape index (κ3) is 3.32. The number of hydrogen-bond donors (Lipinski definition) is 0. The fourth-order valence-electron chi connectivity index (χ4n) is 5.62. The molecule has 3 aliphatic carbocycles. The summed E-state index contributed by atoms with van der Waals surface area (Å²) in [7, 11) is 0. The molecule has 3 aliphatic rings. The van der Waals surface area contributed by atoms with Crippen molar-refractivity contribution in [2.75, 3.05) is 0 Å². The van der Waals surface area contributed by atoms with Crippen molar-refractivity contribution >= 4 is 18.5 Å². The predicted molar refractivity (Wildman–Crippen MR) is 97.8 cm³/mol. The highest BCUT2D eigenvalue weighted by Gasteiger charge is 2.46. The van der Waals surface area contributed by atoms with Crippen LogP contribution in [0.1, 0.15) is 89.9 Å². The van der Waals surface area contributed by atoms with Crippen LogP contribution < -0.4 is 0 Å². The van der Waals surface area contributed by atoms with Crippen molar-refractivity contribution in [3.8, 4) is 0 Å². The lowest BCUT2D eigenvalue weighted by Crippen LogP contribution is -2.33. The van der Waals surface area contributed by atoms with E-state index in [-0.39, 0.29) is 5.66 Å². The monoisotopic (exact) mass is 334 g/mol. The Balaban J connectivity index is 2.03. The molecule has 0 N–H and O–H groups in total. The minimum absolute atomic E-state index is 0.248. The van der Waals surface area contributed by atoms with Gasteiger partial charge in [0, 0.05) is 11.2 Å². The van der Waals surface area contributed by atoms with E-state index < -0.39 is 6.89 Å². The third-order valence-corrected chi connectivity index (χ3v) is 12.1. The molecule has 0 heterocycles. The lowest BCUT2D eigenvalue weighted by atomic mass is 9.95. The molecule has 0 amide bonds. The molecule has 3 fully saturated rings. The van der Waals surface area contributed by atoms with E-state index in [1.54, 1.807) is 0 Å². The molecule has 0 spiro atoms. The molecule has 1 atom stereocenters. The Labute approximate surface area is 141 Å². The minimum atomic E-state index is -1.88. The maximum Gasteiger partial charge on any atom is 0.124 e. The van der Waals surface area contributed by atoms with Gasteiger partial charge in [-0.25, -0.2) is 9.59 Å². The standard InChI is InChI=1S/C20H31O2P/c21-15-17-9-7-8-14-20(17)23(16-22,18-10-3-1-4-11-18)19-12-5-2-6-13-19/h18-20H,1-14H2. The fourth-order valence-corrected chi connectivity index (χ4v) is 11.4. The summed E-state index contributed by atoms with van der Waals surface area (Å²) in [6.45, 7) is -1.88.